The molecular weight excluding hydrogens is 256 g/mol. The number of carbonyl (C=O) groups is 1. The molecule has 20 heavy (non-hydrogen) atoms. The van der Waals surface area contributed by atoms with Crippen molar-refractivity contribution in [2.45, 2.75) is 12.0 Å². The van der Waals surface area contributed by atoms with Crippen LogP contribution in [0.3, 0.4) is 0 Å². The molecule has 0 fully saturated rings. The number of hydrogen-bond donors (Lipinski definition) is 0. The number of carbonyl (C=O) groups excluding carboxylic acids is 1. The maximum atomic E-state index is 12.3. The highest BCUT2D eigenvalue weighted by molar-refractivity contribution is 5.84. The molecule has 4 nitrogen and oxygen atoms in total. The van der Waals surface area contributed by atoms with E-state index < -0.39 is 5.92 Å². The Morgan fingerprint density at radius 2 is 1.75 bits per heavy atom. The van der Waals surface area contributed by atoms with Gasteiger partial charge < -0.3 is 14.2 Å². The second-order valence-corrected chi connectivity index (χ2v) is 4.83. The van der Waals surface area contributed by atoms with Crippen LogP contribution in [0.5, 0.6) is 11.5 Å². The molecule has 2 unspecified atom stereocenters. The van der Waals surface area contributed by atoms with Crippen LogP contribution in [0.1, 0.15) is 23.1 Å². The lowest BCUT2D eigenvalue weighted by molar-refractivity contribution is -0.148. The minimum Gasteiger partial charge on any atom is -0.467 e. The van der Waals surface area contributed by atoms with Gasteiger partial charge in [-0.1, -0.05) is 36.4 Å². The van der Waals surface area contributed by atoms with Gasteiger partial charge in [0, 0.05) is 0 Å². The van der Waals surface area contributed by atoms with Crippen molar-refractivity contribution in [3.63, 3.8) is 0 Å². The summed E-state index contributed by atoms with van der Waals surface area (Å²) in [5.41, 5.74) is 1.72. The minimum absolute atomic E-state index is 0.151. The van der Waals surface area contributed by atoms with Gasteiger partial charge in [-0.15, -0.1) is 0 Å². The summed E-state index contributed by atoms with van der Waals surface area (Å²) in [5.74, 6) is 0.526. The summed E-state index contributed by atoms with van der Waals surface area (Å²) in [5, 5.41) is 0. The molecule has 2 aliphatic heterocycles. The van der Waals surface area contributed by atoms with Gasteiger partial charge in [0.15, 0.2) is 6.79 Å². The van der Waals surface area contributed by atoms with Crippen molar-refractivity contribution in [2.24, 2.45) is 0 Å². The fraction of sp³-hybridized carbons (Fsp3) is 0.188. The van der Waals surface area contributed by atoms with Crippen molar-refractivity contribution >= 4 is 5.97 Å². The number of esters is 1. The lowest BCUT2D eigenvalue weighted by Gasteiger charge is -2.35. The molecule has 0 N–H and O–H groups in total. The standard InChI is InChI=1S/C16H12O4/c17-16-13(10-5-2-1-3-6-10)15-14-11(18-9-19-15)7-4-8-12(14)20-16/h1-8,13,15H,9H2. The molecular formula is C16H12O4. The van der Waals surface area contributed by atoms with E-state index in [-0.39, 0.29) is 18.9 Å². The molecule has 0 radical (unpaired) electrons. The third-order valence-corrected chi connectivity index (χ3v) is 3.70. The first kappa shape index (κ1) is 11.5. The van der Waals surface area contributed by atoms with Crippen LogP contribution < -0.4 is 9.47 Å². The topological polar surface area (TPSA) is 44.8 Å². The fourth-order valence-corrected chi connectivity index (χ4v) is 2.80. The number of ether oxygens (including phenoxy) is 3. The largest absolute Gasteiger partial charge is 0.467 e. The summed E-state index contributed by atoms with van der Waals surface area (Å²) >= 11 is 0. The monoisotopic (exact) mass is 268 g/mol. The Kier molecular flexibility index (Phi) is 2.50. The molecule has 0 spiro atoms. The van der Waals surface area contributed by atoms with E-state index in [2.05, 4.69) is 0 Å². The van der Waals surface area contributed by atoms with Gasteiger partial charge in [0.25, 0.3) is 0 Å². The van der Waals surface area contributed by atoms with E-state index >= 15 is 0 Å². The van der Waals surface area contributed by atoms with Crippen LogP contribution in [0.15, 0.2) is 48.5 Å². The molecule has 0 saturated heterocycles. The van der Waals surface area contributed by atoms with Crippen LogP contribution in [0.2, 0.25) is 0 Å². The van der Waals surface area contributed by atoms with Crippen molar-refractivity contribution in [1.82, 2.24) is 0 Å². The molecule has 0 aromatic heterocycles. The summed E-state index contributed by atoms with van der Waals surface area (Å²) in [6, 6.07) is 15.0. The van der Waals surface area contributed by atoms with Gasteiger partial charge in [0.1, 0.15) is 23.5 Å². The predicted octanol–water partition coefficient (Wildman–Crippen LogP) is 2.80. The third kappa shape index (κ3) is 1.62. The van der Waals surface area contributed by atoms with Crippen molar-refractivity contribution < 1.29 is 19.0 Å². The summed E-state index contributed by atoms with van der Waals surface area (Å²) in [6.45, 7) is 0.151. The van der Waals surface area contributed by atoms with E-state index in [1.165, 1.54) is 0 Å². The number of rotatable bonds is 1. The zero-order valence-electron chi connectivity index (χ0n) is 10.6. The quantitative estimate of drug-likeness (QED) is 0.589. The Bertz CT molecular complexity index is 665. The first-order valence-electron chi connectivity index (χ1n) is 6.48. The average molecular weight is 268 g/mol. The fourth-order valence-electron chi connectivity index (χ4n) is 2.80. The van der Waals surface area contributed by atoms with Gasteiger partial charge in [-0.25, -0.2) is 0 Å². The normalized spacial score (nSPS) is 23.5. The molecule has 2 aromatic rings. The molecule has 100 valence electrons. The molecule has 0 aliphatic carbocycles. The molecule has 2 atom stereocenters. The van der Waals surface area contributed by atoms with Gasteiger partial charge >= 0.3 is 5.97 Å². The van der Waals surface area contributed by atoms with Crippen LogP contribution >= 0.6 is 0 Å². The summed E-state index contributed by atoms with van der Waals surface area (Å²) in [7, 11) is 0. The molecule has 2 aliphatic rings. The maximum Gasteiger partial charge on any atom is 0.321 e. The summed E-state index contributed by atoms with van der Waals surface area (Å²) < 4.78 is 16.6. The van der Waals surface area contributed by atoms with Gasteiger partial charge in [0.2, 0.25) is 0 Å². The Morgan fingerprint density at radius 3 is 2.60 bits per heavy atom. The minimum atomic E-state index is -0.450. The molecule has 2 aromatic carbocycles. The van der Waals surface area contributed by atoms with Gasteiger partial charge in [-0.05, 0) is 17.7 Å². The SMILES string of the molecule is O=C1Oc2cccc3c2C(OCO3)C1c1ccccc1. The second kappa shape index (κ2) is 4.35. The maximum absolute atomic E-state index is 12.3. The molecule has 0 amide bonds. The van der Waals surface area contributed by atoms with Gasteiger partial charge in [-0.3, -0.25) is 4.79 Å². The Morgan fingerprint density at radius 1 is 0.950 bits per heavy atom. The second-order valence-electron chi connectivity index (χ2n) is 4.83. The van der Waals surface area contributed by atoms with Gasteiger partial charge in [0.05, 0.1) is 5.56 Å². The molecule has 0 bridgehead atoms. The summed E-state index contributed by atoms with van der Waals surface area (Å²) in [6.07, 6.45) is -0.349. The Balaban J connectivity index is 1.87. The first-order valence-corrected chi connectivity index (χ1v) is 6.48. The van der Waals surface area contributed by atoms with E-state index in [4.69, 9.17) is 14.2 Å². The van der Waals surface area contributed by atoms with E-state index in [0.717, 1.165) is 16.9 Å². The van der Waals surface area contributed by atoms with E-state index in [1.807, 2.05) is 42.5 Å². The smallest absolute Gasteiger partial charge is 0.321 e. The Labute approximate surface area is 115 Å². The van der Waals surface area contributed by atoms with Gasteiger partial charge in [-0.2, -0.15) is 0 Å². The third-order valence-electron chi connectivity index (χ3n) is 3.70. The Hall–Kier alpha value is -2.33. The lowest BCUT2D eigenvalue weighted by Crippen LogP contribution is -2.34. The van der Waals surface area contributed by atoms with E-state index in [0.29, 0.717) is 5.75 Å². The van der Waals surface area contributed by atoms with Crippen LogP contribution in [-0.2, 0) is 9.53 Å². The molecule has 2 heterocycles. The molecule has 4 rings (SSSR count). The molecule has 0 saturated carbocycles. The first-order chi connectivity index (χ1) is 9.84. The number of hydrogen-bond acceptors (Lipinski definition) is 4. The van der Waals surface area contributed by atoms with Crippen molar-refractivity contribution in [1.29, 1.82) is 0 Å². The van der Waals surface area contributed by atoms with Crippen LogP contribution in [0.25, 0.3) is 0 Å². The number of benzene rings is 2. The summed E-state index contributed by atoms with van der Waals surface area (Å²) in [4.78, 5) is 12.3. The van der Waals surface area contributed by atoms with Crippen LogP contribution in [-0.4, -0.2) is 12.8 Å². The van der Waals surface area contributed by atoms with Crippen molar-refractivity contribution in [3.8, 4) is 11.5 Å². The van der Waals surface area contributed by atoms with Crippen molar-refractivity contribution in [3.05, 3.63) is 59.7 Å². The van der Waals surface area contributed by atoms with Crippen LogP contribution in [0.4, 0.5) is 0 Å². The van der Waals surface area contributed by atoms with E-state index in [1.54, 1.807) is 6.07 Å². The molecule has 4 heteroatoms. The van der Waals surface area contributed by atoms with E-state index in [9.17, 15) is 4.79 Å². The highest BCUT2D eigenvalue weighted by Gasteiger charge is 2.43. The zero-order valence-corrected chi connectivity index (χ0v) is 10.6. The predicted molar refractivity (Wildman–Crippen MR) is 70.6 cm³/mol. The zero-order chi connectivity index (χ0) is 13.5. The highest BCUT2D eigenvalue weighted by atomic mass is 16.7. The van der Waals surface area contributed by atoms with Crippen molar-refractivity contribution in [2.75, 3.05) is 6.79 Å². The lowest BCUT2D eigenvalue weighted by atomic mass is 9.86. The van der Waals surface area contributed by atoms with Crippen LogP contribution in [0, 0.1) is 0 Å². The average Bonchev–Trinajstić information content (AvgIpc) is 2.49. The highest BCUT2D eigenvalue weighted by Crippen LogP contribution is 2.49.